The molecule has 0 spiro atoms. The second kappa shape index (κ2) is 7.35. The third-order valence-corrected chi connectivity index (χ3v) is 5.59. The van der Waals surface area contributed by atoms with Gasteiger partial charge in [-0.2, -0.15) is 4.31 Å². The van der Waals surface area contributed by atoms with Gasteiger partial charge >= 0.3 is 0 Å². The number of nitrogens with two attached hydrogens (primary N) is 1. The highest BCUT2D eigenvalue weighted by molar-refractivity contribution is 7.89. The number of hydrogen-bond acceptors (Lipinski definition) is 5. The van der Waals surface area contributed by atoms with Crippen molar-refractivity contribution in [3.63, 3.8) is 0 Å². The first-order valence-electron chi connectivity index (χ1n) is 7.52. The average molecular weight is 315 g/mol. The summed E-state index contributed by atoms with van der Waals surface area (Å²) in [5.41, 5.74) is 5.53. The van der Waals surface area contributed by atoms with Gasteiger partial charge < -0.3 is 15.2 Å². The summed E-state index contributed by atoms with van der Waals surface area (Å²) in [4.78, 5) is 6.32. The van der Waals surface area contributed by atoms with Crippen molar-refractivity contribution >= 4 is 10.0 Å². The number of nitrogens with zero attached hydrogens (tertiary/aromatic N) is 4. The molecule has 7 nitrogen and oxygen atoms in total. The van der Waals surface area contributed by atoms with Crippen molar-refractivity contribution in [2.24, 2.45) is 5.73 Å². The summed E-state index contributed by atoms with van der Waals surface area (Å²) in [6.45, 7) is 7.05. The molecule has 0 amide bonds. The lowest BCUT2D eigenvalue weighted by molar-refractivity contribution is 0.284. The van der Waals surface area contributed by atoms with E-state index in [-0.39, 0.29) is 5.03 Å². The van der Waals surface area contributed by atoms with E-state index >= 15 is 0 Å². The van der Waals surface area contributed by atoms with Crippen molar-refractivity contribution in [2.45, 2.75) is 31.3 Å². The number of aromatic nitrogens is 2. The number of rotatable bonds is 6. The monoisotopic (exact) mass is 315 g/mol. The molecule has 1 fully saturated rings. The van der Waals surface area contributed by atoms with Gasteiger partial charge in [0.05, 0.1) is 6.33 Å². The molecule has 2 heterocycles. The Kier molecular flexibility index (Phi) is 5.74. The van der Waals surface area contributed by atoms with Crippen LogP contribution in [0, 0.1) is 0 Å². The molecule has 120 valence electrons. The van der Waals surface area contributed by atoms with Crippen LogP contribution in [0.1, 0.15) is 19.8 Å². The molecule has 1 aromatic rings. The summed E-state index contributed by atoms with van der Waals surface area (Å²) < 4.78 is 28.5. The summed E-state index contributed by atoms with van der Waals surface area (Å²) in [6.07, 6.45) is 4.97. The molecule has 2 N–H and O–H groups in total. The molecule has 0 bridgehead atoms. The van der Waals surface area contributed by atoms with Crippen LogP contribution in [-0.4, -0.2) is 66.4 Å². The van der Waals surface area contributed by atoms with E-state index in [2.05, 4.69) is 9.88 Å². The topological polar surface area (TPSA) is 84.5 Å². The van der Waals surface area contributed by atoms with Crippen LogP contribution in [-0.2, 0) is 16.6 Å². The van der Waals surface area contributed by atoms with E-state index in [9.17, 15) is 8.42 Å². The molecule has 1 aromatic heterocycles. The van der Waals surface area contributed by atoms with E-state index in [1.807, 2.05) is 6.92 Å². The highest BCUT2D eigenvalue weighted by atomic mass is 32.2. The molecule has 0 aromatic carbocycles. The van der Waals surface area contributed by atoms with Gasteiger partial charge in [-0.1, -0.05) is 0 Å². The second-order valence-corrected chi connectivity index (χ2v) is 7.17. The standard InChI is InChI=1S/C13H25N5O2S/c1-2-16-11-13(15-12-16)21(19,20)18-8-4-7-17(9-10-18)6-3-5-14/h11-12H,2-10,14H2,1H3. The Morgan fingerprint density at radius 2 is 2.10 bits per heavy atom. The number of aryl methyl sites for hydroxylation is 1. The lowest BCUT2D eigenvalue weighted by atomic mass is 10.3. The smallest absolute Gasteiger partial charge is 0.262 e. The molecule has 0 saturated carbocycles. The number of hydrogen-bond donors (Lipinski definition) is 1. The van der Waals surface area contributed by atoms with E-state index in [1.54, 1.807) is 21.4 Å². The van der Waals surface area contributed by atoms with Gasteiger partial charge in [-0.15, -0.1) is 0 Å². The van der Waals surface area contributed by atoms with Crippen LogP contribution < -0.4 is 5.73 Å². The zero-order valence-electron chi connectivity index (χ0n) is 12.6. The maximum Gasteiger partial charge on any atom is 0.262 e. The third-order valence-electron chi connectivity index (χ3n) is 3.80. The molecule has 0 radical (unpaired) electrons. The lowest BCUT2D eigenvalue weighted by Gasteiger charge is -2.20. The van der Waals surface area contributed by atoms with E-state index in [1.165, 1.54) is 0 Å². The zero-order valence-corrected chi connectivity index (χ0v) is 13.4. The first-order chi connectivity index (χ1) is 10.1. The molecule has 0 aliphatic carbocycles. The minimum Gasteiger partial charge on any atom is -0.336 e. The molecule has 1 aliphatic rings. The average Bonchev–Trinajstić information content (AvgIpc) is 2.84. The van der Waals surface area contributed by atoms with Gasteiger partial charge in [0, 0.05) is 32.4 Å². The summed E-state index contributed by atoms with van der Waals surface area (Å²) in [5.74, 6) is 0. The van der Waals surface area contributed by atoms with Gasteiger partial charge in [-0.25, -0.2) is 13.4 Å². The largest absolute Gasteiger partial charge is 0.336 e. The van der Waals surface area contributed by atoms with Crippen molar-refractivity contribution < 1.29 is 8.42 Å². The highest BCUT2D eigenvalue weighted by Gasteiger charge is 2.28. The molecular formula is C13H25N5O2S. The van der Waals surface area contributed by atoms with Crippen molar-refractivity contribution in [1.82, 2.24) is 18.8 Å². The van der Waals surface area contributed by atoms with Crippen LogP contribution in [0.15, 0.2) is 17.6 Å². The third kappa shape index (κ3) is 4.03. The number of sulfonamides is 1. The van der Waals surface area contributed by atoms with Crippen LogP contribution in [0.4, 0.5) is 0 Å². The highest BCUT2D eigenvalue weighted by Crippen LogP contribution is 2.16. The first kappa shape index (κ1) is 16.4. The van der Waals surface area contributed by atoms with Gasteiger partial charge in [-0.3, -0.25) is 0 Å². The van der Waals surface area contributed by atoms with E-state index in [0.29, 0.717) is 19.6 Å². The lowest BCUT2D eigenvalue weighted by Crippen LogP contribution is -2.35. The van der Waals surface area contributed by atoms with Crippen LogP contribution in [0.5, 0.6) is 0 Å². The van der Waals surface area contributed by atoms with Crippen molar-refractivity contribution in [2.75, 3.05) is 39.3 Å². The maximum atomic E-state index is 12.6. The predicted molar refractivity (Wildman–Crippen MR) is 81.4 cm³/mol. The molecule has 0 unspecified atom stereocenters. The summed E-state index contributed by atoms with van der Waals surface area (Å²) in [6, 6.07) is 0. The van der Waals surface area contributed by atoms with Crippen molar-refractivity contribution in [1.29, 1.82) is 0 Å². The van der Waals surface area contributed by atoms with Gasteiger partial charge in [0.25, 0.3) is 10.0 Å². The summed E-state index contributed by atoms with van der Waals surface area (Å²) in [5, 5.41) is 0.153. The summed E-state index contributed by atoms with van der Waals surface area (Å²) in [7, 11) is -3.47. The fourth-order valence-corrected chi connectivity index (χ4v) is 3.91. The van der Waals surface area contributed by atoms with Crippen molar-refractivity contribution in [3.05, 3.63) is 12.5 Å². The van der Waals surface area contributed by atoms with Gasteiger partial charge in [-0.05, 0) is 39.4 Å². The van der Waals surface area contributed by atoms with Gasteiger partial charge in [0.2, 0.25) is 0 Å². The predicted octanol–water partition coefficient (Wildman–Crippen LogP) is -0.0518. The Labute approximate surface area is 126 Å². The Bertz CT molecular complexity index is 543. The van der Waals surface area contributed by atoms with Gasteiger partial charge in [0.15, 0.2) is 5.03 Å². The normalized spacial score (nSPS) is 18.8. The molecule has 2 rings (SSSR count). The second-order valence-electron chi connectivity index (χ2n) is 5.28. The molecule has 8 heteroatoms. The van der Waals surface area contributed by atoms with Crippen LogP contribution >= 0.6 is 0 Å². The maximum absolute atomic E-state index is 12.6. The van der Waals surface area contributed by atoms with E-state index < -0.39 is 10.0 Å². The SMILES string of the molecule is CCn1cnc(S(=O)(=O)N2CCCN(CCCN)CC2)c1. The molecule has 1 saturated heterocycles. The zero-order chi connectivity index (χ0) is 15.3. The Morgan fingerprint density at radius 1 is 1.29 bits per heavy atom. The van der Waals surface area contributed by atoms with Gasteiger partial charge in [0.1, 0.15) is 0 Å². The molecule has 21 heavy (non-hydrogen) atoms. The first-order valence-corrected chi connectivity index (χ1v) is 8.96. The Hall–Kier alpha value is -0.960. The fraction of sp³-hybridized carbons (Fsp3) is 0.769. The molecular weight excluding hydrogens is 290 g/mol. The Balaban J connectivity index is 2.03. The van der Waals surface area contributed by atoms with Crippen molar-refractivity contribution in [3.8, 4) is 0 Å². The molecule has 1 aliphatic heterocycles. The van der Waals surface area contributed by atoms with E-state index in [4.69, 9.17) is 5.73 Å². The summed E-state index contributed by atoms with van der Waals surface area (Å²) >= 11 is 0. The minimum absolute atomic E-state index is 0.153. The van der Waals surface area contributed by atoms with Crippen LogP contribution in [0.2, 0.25) is 0 Å². The van der Waals surface area contributed by atoms with E-state index in [0.717, 1.165) is 39.0 Å². The Morgan fingerprint density at radius 3 is 2.76 bits per heavy atom. The molecule has 0 atom stereocenters. The van der Waals surface area contributed by atoms with Crippen LogP contribution in [0.25, 0.3) is 0 Å². The minimum atomic E-state index is -3.47. The number of imidazole rings is 1. The fourth-order valence-electron chi connectivity index (χ4n) is 2.50. The quantitative estimate of drug-likeness (QED) is 0.795. The van der Waals surface area contributed by atoms with Crippen LogP contribution in [0.3, 0.4) is 0 Å².